The second-order valence-corrected chi connectivity index (χ2v) is 9.12. The maximum Gasteiger partial charge on any atom is 0.262 e. The van der Waals surface area contributed by atoms with E-state index in [2.05, 4.69) is 10.0 Å². The van der Waals surface area contributed by atoms with Crippen molar-refractivity contribution in [2.24, 2.45) is 5.92 Å². The Morgan fingerprint density at radius 1 is 0.926 bits per heavy atom. The summed E-state index contributed by atoms with van der Waals surface area (Å²) in [4.78, 5) is 12.6. The highest BCUT2D eigenvalue weighted by Gasteiger charge is 2.20. The zero-order valence-corrected chi connectivity index (χ0v) is 17.6. The summed E-state index contributed by atoms with van der Waals surface area (Å²) in [5, 5.41) is 2.90. The fourth-order valence-electron chi connectivity index (χ4n) is 2.73. The van der Waals surface area contributed by atoms with Gasteiger partial charge in [-0.25, -0.2) is 8.42 Å². The molecule has 2 rings (SSSR count). The number of carbonyl (C=O) groups excluding carboxylic acids is 1. The molecule has 0 aliphatic rings. The van der Waals surface area contributed by atoms with Crippen molar-refractivity contribution in [1.29, 1.82) is 0 Å². The molecule has 0 aliphatic carbocycles. The van der Waals surface area contributed by atoms with Gasteiger partial charge in [0.05, 0.1) is 4.90 Å². The molecule has 0 unspecified atom stereocenters. The minimum Gasteiger partial charge on any atom is -0.349 e. The average molecular weight is 389 g/mol. The van der Waals surface area contributed by atoms with Gasteiger partial charge in [-0.1, -0.05) is 26.0 Å². The molecule has 1 amide bonds. The molecule has 0 aromatic heterocycles. The number of amides is 1. The second-order valence-electron chi connectivity index (χ2n) is 7.47. The Balaban J connectivity index is 2.35. The Morgan fingerprint density at radius 3 is 2.07 bits per heavy atom. The average Bonchev–Trinajstić information content (AvgIpc) is 2.53. The summed E-state index contributed by atoms with van der Waals surface area (Å²) in [6.07, 6.45) is 0. The molecular weight excluding hydrogens is 360 g/mol. The predicted octanol–water partition coefficient (Wildman–Crippen LogP) is 4.19. The van der Waals surface area contributed by atoms with Gasteiger partial charge in [0.2, 0.25) is 0 Å². The number of benzene rings is 2. The molecule has 2 aromatic rings. The number of nitrogens with one attached hydrogen (secondary N) is 2. The maximum atomic E-state index is 12.9. The standard InChI is InChI=1S/C21H28N2O3S/c1-13(2)17(6)22-21(24)18-8-7-16(5)20(12-18)27(25,26)23-19-10-14(3)9-15(4)11-19/h7-13,17,23H,1-6H3,(H,22,24)/t17-/m1/s1. The normalized spacial score (nSPS) is 12.7. The molecule has 0 bridgehead atoms. The predicted molar refractivity (Wildman–Crippen MR) is 110 cm³/mol. The number of carbonyl (C=O) groups is 1. The molecule has 0 radical (unpaired) electrons. The van der Waals surface area contributed by atoms with Crippen LogP contribution in [0.3, 0.4) is 0 Å². The van der Waals surface area contributed by atoms with Gasteiger partial charge in [-0.2, -0.15) is 0 Å². The van der Waals surface area contributed by atoms with Crippen LogP contribution in [0.15, 0.2) is 41.3 Å². The van der Waals surface area contributed by atoms with E-state index in [9.17, 15) is 13.2 Å². The molecule has 0 aliphatic heterocycles. The summed E-state index contributed by atoms with van der Waals surface area (Å²) in [6, 6.07) is 10.3. The lowest BCUT2D eigenvalue weighted by molar-refractivity contribution is 0.0930. The van der Waals surface area contributed by atoms with Gasteiger partial charge in [0, 0.05) is 17.3 Å². The van der Waals surface area contributed by atoms with E-state index in [-0.39, 0.29) is 22.8 Å². The van der Waals surface area contributed by atoms with E-state index < -0.39 is 10.0 Å². The Labute approximate surface area is 162 Å². The zero-order valence-electron chi connectivity index (χ0n) is 16.8. The molecule has 0 heterocycles. The van der Waals surface area contributed by atoms with Crippen LogP contribution in [0.4, 0.5) is 5.69 Å². The van der Waals surface area contributed by atoms with E-state index in [0.717, 1.165) is 11.1 Å². The Kier molecular flexibility index (Phi) is 6.31. The molecule has 5 nitrogen and oxygen atoms in total. The van der Waals surface area contributed by atoms with Gasteiger partial charge in [-0.05, 0) is 74.6 Å². The number of hydrogen-bond acceptors (Lipinski definition) is 3. The van der Waals surface area contributed by atoms with Crippen molar-refractivity contribution < 1.29 is 13.2 Å². The minimum atomic E-state index is -3.81. The summed E-state index contributed by atoms with van der Waals surface area (Å²) >= 11 is 0. The summed E-state index contributed by atoms with van der Waals surface area (Å²) < 4.78 is 28.4. The highest BCUT2D eigenvalue weighted by Crippen LogP contribution is 2.22. The highest BCUT2D eigenvalue weighted by molar-refractivity contribution is 7.92. The van der Waals surface area contributed by atoms with Crippen molar-refractivity contribution >= 4 is 21.6 Å². The molecule has 6 heteroatoms. The van der Waals surface area contributed by atoms with E-state index in [1.54, 1.807) is 31.2 Å². The zero-order chi connectivity index (χ0) is 20.4. The van der Waals surface area contributed by atoms with Crippen LogP contribution in [-0.2, 0) is 10.0 Å². The topological polar surface area (TPSA) is 75.3 Å². The lowest BCUT2D eigenvalue weighted by atomic mass is 10.1. The first-order valence-electron chi connectivity index (χ1n) is 9.02. The molecule has 2 N–H and O–H groups in total. The molecule has 2 aromatic carbocycles. The largest absolute Gasteiger partial charge is 0.349 e. The quantitative estimate of drug-likeness (QED) is 0.779. The molecular formula is C21H28N2O3S. The van der Waals surface area contributed by atoms with Gasteiger partial charge >= 0.3 is 0 Å². The van der Waals surface area contributed by atoms with Crippen LogP contribution in [0, 0.1) is 26.7 Å². The van der Waals surface area contributed by atoms with E-state index in [0.29, 0.717) is 16.8 Å². The van der Waals surface area contributed by atoms with Crippen molar-refractivity contribution in [2.75, 3.05) is 4.72 Å². The number of rotatable bonds is 6. The second kappa shape index (κ2) is 8.13. The fraction of sp³-hybridized carbons (Fsp3) is 0.381. The van der Waals surface area contributed by atoms with Crippen molar-refractivity contribution in [3.63, 3.8) is 0 Å². The van der Waals surface area contributed by atoms with E-state index in [1.165, 1.54) is 6.07 Å². The smallest absolute Gasteiger partial charge is 0.262 e. The van der Waals surface area contributed by atoms with Crippen molar-refractivity contribution in [2.45, 2.75) is 52.5 Å². The molecule has 1 atom stereocenters. The summed E-state index contributed by atoms with van der Waals surface area (Å²) in [5.74, 6) is 0.00729. The van der Waals surface area contributed by atoms with E-state index >= 15 is 0 Å². The number of hydrogen-bond donors (Lipinski definition) is 2. The molecule has 27 heavy (non-hydrogen) atoms. The number of anilines is 1. The summed E-state index contributed by atoms with van der Waals surface area (Å²) in [6.45, 7) is 11.5. The summed E-state index contributed by atoms with van der Waals surface area (Å²) in [7, 11) is -3.81. The number of sulfonamides is 1. The third-order valence-electron chi connectivity index (χ3n) is 4.57. The van der Waals surface area contributed by atoms with Crippen LogP contribution in [-0.4, -0.2) is 20.4 Å². The SMILES string of the molecule is Cc1cc(C)cc(NS(=O)(=O)c2cc(C(=O)N[C@H](C)C(C)C)ccc2C)c1. The molecule has 0 saturated heterocycles. The maximum absolute atomic E-state index is 12.9. The van der Waals surface area contributed by atoms with Crippen molar-refractivity contribution in [1.82, 2.24) is 5.32 Å². The van der Waals surface area contributed by atoms with Gasteiger partial charge in [0.1, 0.15) is 0 Å². The number of aryl methyl sites for hydroxylation is 3. The fourth-order valence-corrected chi connectivity index (χ4v) is 4.04. The van der Waals surface area contributed by atoms with Crippen LogP contribution in [0.2, 0.25) is 0 Å². The molecule has 0 saturated carbocycles. The minimum absolute atomic E-state index is 0.00717. The van der Waals surface area contributed by atoms with Gasteiger partial charge in [-0.15, -0.1) is 0 Å². The Morgan fingerprint density at radius 2 is 1.52 bits per heavy atom. The van der Waals surface area contributed by atoms with Crippen LogP contribution >= 0.6 is 0 Å². The summed E-state index contributed by atoms with van der Waals surface area (Å²) in [5.41, 5.74) is 3.37. The lowest BCUT2D eigenvalue weighted by Gasteiger charge is -2.18. The van der Waals surface area contributed by atoms with Crippen LogP contribution in [0.1, 0.15) is 47.8 Å². The first kappa shape index (κ1) is 21.0. The van der Waals surface area contributed by atoms with E-state index in [4.69, 9.17) is 0 Å². The lowest BCUT2D eigenvalue weighted by Crippen LogP contribution is -2.36. The van der Waals surface area contributed by atoms with Crippen molar-refractivity contribution in [3.05, 3.63) is 58.7 Å². The molecule has 146 valence electrons. The molecule has 0 spiro atoms. The van der Waals surface area contributed by atoms with Crippen LogP contribution < -0.4 is 10.0 Å². The van der Waals surface area contributed by atoms with Crippen LogP contribution in [0.5, 0.6) is 0 Å². The van der Waals surface area contributed by atoms with Crippen molar-refractivity contribution in [3.8, 4) is 0 Å². The van der Waals surface area contributed by atoms with Gasteiger partial charge in [-0.3, -0.25) is 9.52 Å². The third-order valence-corrected chi connectivity index (χ3v) is 6.10. The van der Waals surface area contributed by atoms with E-state index in [1.807, 2.05) is 40.7 Å². The van der Waals surface area contributed by atoms with Crippen LogP contribution in [0.25, 0.3) is 0 Å². The first-order valence-corrected chi connectivity index (χ1v) is 10.5. The monoisotopic (exact) mass is 388 g/mol. The third kappa shape index (κ3) is 5.32. The first-order chi connectivity index (χ1) is 12.5. The van der Waals surface area contributed by atoms with Gasteiger partial charge in [0.25, 0.3) is 15.9 Å². The van der Waals surface area contributed by atoms with Gasteiger partial charge in [0.15, 0.2) is 0 Å². The van der Waals surface area contributed by atoms with Gasteiger partial charge < -0.3 is 5.32 Å². The molecule has 0 fully saturated rings. The highest BCUT2D eigenvalue weighted by atomic mass is 32.2. The Hall–Kier alpha value is -2.34. The Bertz CT molecular complexity index is 930.